The molecule has 1 aromatic rings. The van der Waals surface area contributed by atoms with Crippen molar-refractivity contribution in [1.29, 1.82) is 0 Å². The van der Waals surface area contributed by atoms with Crippen LogP contribution in [0.4, 0.5) is 0 Å². The molecule has 1 N–H and O–H groups in total. The van der Waals surface area contributed by atoms with Gasteiger partial charge in [-0.15, -0.1) is 0 Å². The van der Waals surface area contributed by atoms with Crippen LogP contribution in [0, 0.1) is 0 Å². The number of nitrogens with zero attached hydrogens (tertiary/aromatic N) is 1. The van der Waals surface area contributed by atoms with Crippen molar-refractivity contribution in [3.8, 4) is 0 Å². The lowest BCUT2D eigenvalue weighted by Gasteiger charge is -2.26. The summed E-state index contributed by atoms with van der Waals surface area (Å²) in [6.07, 6.45) is 0. The molecule has 4 nitrogen and oxygen atoms in total. The third kappa shape index (κ3) is 3.36. The molecular weight excluding hydrogens is 295 g/mol. The number of nitrogens with one attached hydrogen (secondary N) is 1. The second-order valence-corrected chi connectivity index (χ2v) is 6.94. The van der Waals surface area contributed by atoms with Gasteiger partial charge < -0.3 is 5.32 Å². The monoisotopic (exact) mass is 308 g/mol. The van der Waals surface area contributed by atoms with Crippen LogP contribution in [0.2, 0.25) is 10.0 Å². The summed E-state index contributed by atoms with van der Waals surface area (Å²) >= 11 is 11.7. The Balaban J connectivity index is 2.13. The smallest absolute Gasteiger partial charge is 0.218 e. The van der Waals surface area contributed by atoms with Crippen molar-refractivity contribution < 1.29 is 8.42 Å². The van der Waals surface area contributed by atoms with Crippen LogP contribution in [-0.2, 0) is 15.8 Å². The first-order chi connectivity index (χ1) is 8.49. The van der Waals surface area contributed by atoms with E-state index in [-0.39, 0.29) is 5.75 Å². The highest BCUT2D eigenvalue weighted by Crippen LogP contribution is 2.24. The zero-order valence-corrected chi connectivity index (χ0v) is 12.0. The van der Waals surface area contributed by atoms with Crippen molar-refractivity contribution in [1.82, 2.24) is 9.62 Å². The second kappa shape index (κ2) is 5.75. The van der Waals surface area contributed by atoms with E-state index in [0.29, 0.717) is 41.8 Å². The molecule has 0 amide bonds. The highest BCUT2D eigenvalue weighted by molar-refractivity contribution is 7.88. The fourth-order valence-electron chi connectivity index (χ4n) is 1.85. The summed E-state index contributed by atoms with van der Waals surface area (Å²) in [5.41, 5.74) is 0.655. The van der Waals surface area contributed by atoms with Gasteiger partial charge in [0.1, 0.15) is 0 Å². The van der Waals surface area contributed by atoms with Gasteiger partial charge in [0, 0.05) is 26.2 Å². The molecule has 1 fully saturated rings. The minimum Gasteiger partial charge on any atom is -0.314 e. The van der Waals surface area contributed by atoms with Gasteiger partial charge in [0.25, 0.3) is 0 Å². The minimum atomic E-state index is -3.27. The number of halogens is 2. The number of sulfonamides is 1. The predicted molar refractivity (Wildman–Crippen MR) is 73.5 cm³/mol. The quantitative estimate of drug-likeness (QED) is 0.925. The van der Waals surface area contributed by atoms with Crippen molar-refractivity contribution >= 4 is 33.2 Å². The molecule has 0 unspecified atom stereocenters. The standard InChI is InChI=1S/C11H14Cl2N2O2S/c12-10-2-1-9(7-11(10)13)8-18(16,17)15-5-3-14-4-6-15/h1-2,7,14H,3-6,8H2. The fraction of sp³-hybridized carbons (Fsp3) is 0.455. The first kappa shape index (κ1) is 14.1. The number of rotatable bonds is 3. The summed E-state index contributed by atoms with van der Waals surface area (Å²) in [5, 5.41) is 3.93. The van der Waals surface area contributed by atoms with E-state index in [1.807, 2.05) is 0 Å². The largest absolute Gasteiger partial charge is 0.314 e. The molecule has 0 saturated carbocycles. The molecular formula is C11H14Cl2N2O2S. The number of piperazine rings is 1. The fourth-order valence-corrected chi connectivity index (χ4v) is 3.70. The summed E-state index contributed by atoms with van der Waals surface area (Å²) in [5.74, 6) is -0.0378. The number of hydrogen-bond donors (Lipinski definition) is 1. The van der Waals surface area contributed by atoms with E-state index < -0.39 is 10.0 Å². The Morgan fingerprint density at radius 1 is 1.17 bits per heavy atom. The Hall–Kier alpha value is -0.330. The van der Waals surface area contributed by atoms with Gasteiger partial charge in [-0.1, -0.05) is 29.3 Å². The van der Waals surface area contributed by atoms with Crippen LogP contribution >= 0.6 is 23.2 Å². The maximum atomic E-state index is 12.2. The maximum absolute atomic E-state index is 12.2. The summed E-state index contributed by atoms with van der Waals surface area (Å²) in [7, 11) is -3.27. The lowest BCUT2D eigenvalue weighted by atomic mass is 10.2. The van der Waals surface area contributed by atoms with E-state index >= 15 is 0 Å². The molecule has 18 heavy (non-hydrogen) atoms. The lowest BCUT2D eigenvalue weighted by Crippen LogP contribution is -2.46. The zero-order chi connectivity index (χ0) is 13.2. The topological polar surface area (TPSA) is 49.4 Å². The lowest BCUT2D eigenvalue weighted by molar-refractivity contribution is 0.360. The highest BCUT2D eigenvalue weighted by atomic mass is 35.5. The van der Waals surface area contributed by atoms with Crippen molar-refractivity contribution in [2.45, 2.75) is 5.75 Å². The number of benzene rings is 1. The van der Waals surface area contributed by atoms with Gasteiger partial charge in [-0.25, -0.2) is 8.42 Å². The Labute approximate surface area is 117 Å². The average Bonchev–Trinajstić information content (AvgIpc) is 2.35. The van der Waals surface area contributed by atoms with Gasteiger partial charge in [0.05, 0.1) is 15.8 Å². The molecule has 0 aromatic heterocycles. The van der Waals surface area contributed by atoms with Crippen LogP contribution in [0.1, 0.15) is 5.56 Å². The van der Waals surface area contributed by atoms with E-state index in [4.69, 9.17) is 23.2 Å². The minimum absolute atomic E-state index is 0.0378. The van der Waals surface area contributed by atoms with Gasteiger partial charge in [-0.3, -0.25) is 0 Å². The molecule has 1 heterocycles. The molecule has 2 rings (SSSR count). The molecule has 1 aliphatic heterocycles. The normalized spacial score (nSPS) is 17.9. The van der Waals surface area contributed by atoms with Gasteiger partial charge >= 0.3 is 0 Å². The molecule has 1 saturated heterocycles. The molecule has 0 aliphatic carbocycles. The third-order valence-electron chi connectivity index (χ3n) is 2.80. The summed E-state index contributed by atoms with van der Waals surface area (Å²) in [6, 6.07) is 4.91. The molecule has 7 heteroatoms. The predicted octanol–water partition coefficient (Wildman–Crippen LogP) is 1.73. The molecule has 0 atom stereocenters. The second-order valence-electron chi connectivity index (χ2n) is 4.15. The van der Waals surface area contributed by atoms with E-state index in [1.54, 1.807) is 18.2 Å². The van der Waals surface area contributed by atoms with Gasteiger partial charge in [0.15, 0.2) is 0 Å². The van der Waals surface area contributed by atoms with Crippen LogP contribution in [-0.4, -0.2) is 38.9 Å². The molecule has 1 aromatic carbocycles. The Bertz CT molecular complexity index is 528. The molecule has 0 bridgehead atoms. The van der Waals surface area contributed by atoms with Crippen LogP contribution in [0.25, 0.3) is 0 Å². The van der Waals surface area contributed by atoms with E-state index in [9.17, 15) is 8.42 Å². The zero-order valence-electron chi connectivity index (χ0n) is 9.70. The van der Waals surface area contributed by atoms with Crippen molar-refractivity contribution in [3.63, 3.8) is 0 Å². The molecule has 1 aliphatic rings. The molecule has 0 spiro atoms. The van der Waals surface area contributed by atoms with E-state index in [0.717, 1.165) is 0 Å². The van der Waals surface area contributed by atoms with Crippen molar-refractivity contribution in [2.24, 2.45) is 0 Å². The van der Waals surface area contributed by atoms with Crippen LogP contribution in [0.15, 0.2) is 18.2 Å². The van der Waals surface area contributed by atoms with Crippen LogP contribution in [0.5, 0.6) is 0 Å². The average molecular weight is 309 g/mol. The van der Waals surface area contributed by atoms with Crippen molar-refractivity contribution in [2.75, 3.05) is 26.2 Å². The number of hydrogen-bond acceptors (Lipinski definition) is 3. The summed E-state index contributed by atoms with van der Waals surface area (Å²) in [4.78, 5) is 0. The Morgan fingerprint density at radius 3 is 2.44 bits per heavy atom. The van der Waals surface area contributed by atoms with Crippen LogP contribution < -0.4 is 5.32 Å². The molecule has 0 radical (unpaired) electrons. The summed E-state index contributed by atoms with van der Waals surface area (Å²) in [6.45, 7) is 2.43. The van der Waals surface area contributed by atoms with Crippen molar-refractivity contribution in [3.05, 3.63) is 33.8 Å². The summed E-state index contributed by atoms with van der Waals surface area (Å²) < 4.78 is 25.9. The first-order valence-electron chi connectivity index (χ1n) is 5.61. The van der Waals surface area contributed by atoms with E-state index in [2.05, 4.69) is 5.32 Å². The Kier molecular flexibility index (Phi) is 4.50. The Morgan fingerprint density at radius 2 is 1.83 bits per heavy atom. The first-order valence-corrected chi connectivity index (χ1v) is 7.98. The SMILES string of the molecule is O=S(=O)(Cc1ccc(Cl)c(Cl)c1)N1CCNCC1. The van der Waals surface area contributed by atoms with E-state index in [1.165, 1.54) is 4.31 Å². The molecule has 100 valence electrons. The van der Waals surface area contributed by atoms with Gasteiger partial charge in [0.2, 0.25) is 10.0 Å². The van der Waals surface area contributed by atoms with Crippen LogP contribution in [0.3, 0.4) is 0 Å². The van der Waals surface area contributed by atoms with Gasteiger partial charge in [-0.05, 0) is 17.7 Å². The van der Waals surface area contributed by atoms with Gasteiger partial charge in [-0.2, -0.15) is 4.31 Å². The maximum Gasteiger partial charge on any atom is 0.218 e. The third-order valence-corrected chi connectivity index (χ3v) is 5.39. The highest BCUT2D eigenvalue weighted by Gasteiger charge is 2.24.